The molecule has 2 aromatic rings. The first-order chi connectivity index (χ1) is 15.3. The van der Waals surface area contributed by atoms with E-state index in [2.05, 4.69) is 15.3 Å². The van der Waals surface area contributed by atoms with Crippen molar-refractivity contribution in [3.63, 3.8) is 0 Å². The molecule has 1 saturated heterocycles. The molecule has 1 fully saturated rings. The number of rotatable bonds is 8. The molecule has 1 aromatic carbocycles. The number of aromatic nitrogens is 2. The zero-order chi connectivity index (χ0) is 23.1. The number of sulfonamides is 1. The third-order valence-electron chi connectivity index (χ3n) is 5.03. The van der Waals surface area contributed by atoms with Gasteiger partial charge in [0.05, 0.1) is 21.4 Å². The van der Waals surface area contributed by atoms with Crippen LogP contribution in [-0.4, -0.2) is 47.4 Å². The number of H-pyrrole nitrogens is 1. The van der Waals surface area contributed by atoms with Crippen molar-refractivity contribution in [2.45, 2.75) is 55.5 Å². The third-order valence-corrected chi connectivity index (χ3v) is 8.13. The van der Waals surface area contributed by atoms with Gasteiger partial charge in [-0.05, 0) is 37.5 Å². The van der Waals surface area contributed by atoms with Crippen molar-refractivity contribution in [3.8, 4) is 0 Å². The molecular weight excluding hydrogens is 472 g/mol. The number of halogens is 1. The highest BCUT2D eigenvalue weighted by Gasteiger charge is 2.26. The Morgan fingerprint density at radius 1 is 1.22 bits per heavy atom. The SMILES string of the molecule is CCCc1cc(=O)[nH]c(SCC(=O)Nc2cc(S(=O)(=O)N3CCCCCC3)ccc2Cl)n1. The summed E-state index contributed by atoms with van der Waals surface area (Å²) in [5.41, 5.74) is 0.642. The summed E-state index contributed by atoms with van der Waals surface area (Å²) in [6.07, 6.45) is 5.25. The maximum absolute atomic E-state index is 13.0. The molecule has 0 saturated carbocycles. The van der Waals surface area contributed by atoms with Gasteiger partial charge in [0.1, 0.15) is 0 Å². The Hall–Kier alpha value is -1.88. The lowest BCUT2D eigenvalue weighted by Gasteiger charge is -2.20. The fourth-order valence-electron chi connectivity index (χ4n) is 3.45. The number of hydrogen-bond acceptors (Lipinski definition) is 6. The molecule has 3 rings (SSSR count). The molecule has 0 bridgehead atoms. The summed E-state index contributed by atoms with van der Waals surface area (Å²) in [5.74, 6) is -0.400. The first-order valence-corrected chi connectivity index (χ1v) is 13.4. The van der Waals surface area contributed by atoms with Crippen molar-refractivity contribution in [1.82, 2.24) is 14.3 Å². The Morgan fingerprint density at radius 2 is 1.94 bits per heavy atom. The van der Waals surface area contributed by atoms with Gasteiger partial charge in [-0.25, -0.2) is 13.4 Å². The van der Waals surface area contributed by atoms with E-state index in [-0.39, 0.29) is 32.8 Å². The second-order valence-corrected chi connectivity index (χ2v) is 10.9. The van der Waals surface area contributed by atoms with Gasteiger partial charge in [-0.1, -0.05) is 49.5 Å². The Morgan fingerprint density at radius 3 is 2.62 bits per heavy atom. The summed E-state index contributed by atoms with van der Waals surface area (Å²) in [7, 11) is -3.66. The molecule has 11 heteroatoms. The molecule has 0 unspecified atom stereocenters. The summed E-state index contributed by atoms with van der Waals surface area (Å²) in [6.45, 7) is 2.98. The average Bonchev–Trinajstić information content (AvgIpc) is 3.04. The van der Waals surface area contributed by atoms with Gasteiger partial charge < -0.3 is 10.3 Å². The maximum Gasteiger partial charge on any atom is 0.251 e. The number of carbonyl (C=O) groups excluding carboxylic acids is 1. The average molecular weight is 499 g/mol. The highest BCUT2D eigenvalue weighted by atomic mass is 35.5. The number of anilines is 1. The minimum Gasteiger partial charge on any atom is -0.324 e. The molecule has 32 heavy (non-hydrogen) atoms. The number of amides is 1. The van der Waals surface area contributed by atoms with Crippen LogP contribution in [-0.2, 0) is 21.2 Å². The fraction of sp³-hybridized carbons (Fsp3) is 0.476. The fourth-order valence-corrected chi connectivity index (χ4v) is 5.85. The molecular formula is C21H27ClN4O4S2. The van der Waals surface area contributed by atoms with Gasteiger partial charge in [0.25, 0.3) is 5.56 Å². The van der Waals surface area contributed by atoms with Crippen LogP contribution in [0.1, 0.15) is 44.7 Å². The largest absolute Gasteiger partial charge is 0.324 e. The molecule has 174 valence electrons. The van der Waals surface area contributed by atoms with E-state index in [1.807, 2.05) is 6.92 Å². The van der Waals surface area contributed by atoms with Gasteiger partial charge in [0.15, 0.2) is 5.16 Å². The predicted octanol–water partition coefficient (Wildman–Crippen LogP) is 3.67. The molecule has 0 aliphatic carbocycles. The Bertz CT molecular complexity index is 1110. The summed E-state index contributed by atoms with van der Waals surface area (Å²) in [4.78, 5) is 31.3. The summed E-state index contributed by atoms with van der Waals surface area (Å²) < 4.78 is 27.6. The predicted molar refractivity (Wildman–Crippen MR) is 127 cm³/mol. The van der Waals surface area contributed by atoms with Crippen LogP contribution < -0.4 is 10.9 Å². The number of aryl methyl sites for hydroxylation is 1. The van der Waals surface area contributed by atoms with Crippen LogP contribution in [0.5, 0.6) is 0 Å². The molecule has 1 aliphatic heterocycles. The summed E-state index contributed by atoms with van der Waals surface area (Å²) in [6, 6.07) is 5.78. The molecule has 1 amide bonds. The number of nitrogens with one attached hydrogen (secondary N) is 2. The zero-order valence-electron chi connectivity index (χ0n) is 17.9. The van der Waals surface area contributed by atoms with Crippen molar-refractivity contribution in [2.75, 3.05) is 24.2 Å². The van der Waals surface area contributed by atoms with Gasteiger partial charge in [-0.3, -0.25) is 9.59 Å². The number of carbonyl (C=O) groups is 1. The van der Waals surface area contributed by atoms with E-state index in [0.717, 1.165) is 43.9 Å². The van der Waals surface area contributed by atoms with Crippen LogP contribution in [0.25, 0.3) is 0 Å². The van der Waals surface area contributed by atoms with Crippen molar-refractivity contribution < 1.29 is 13.2 Å². The number of benzene rings is 1. The van der Waals surface area contributed by atoms with Crippen LogP contribution in [0.4, 0.5) is 5.69 Å². The van der Waals surface area contributed by atoms with E-state index in [1.54, 1.807) is 0 Å². The highest BCUT2D eigenvalue weighted by molar-refractivity contribution is 7.99. The van der Waals surface area contributed by atoms with Crippen LogP contribution >= 0.6 is 23.4 Å². The van der Waals surface area contributed by atoms with Crippen LogP contribution in [0, 0.1) is 0 Å². The second kappa shape index (κ2) is 11.3. The van der Waals surface area contributed by atoms with Crippen LogP contribution in [0.2, 0.25) is 5.02 Å². The van der Waals surface area contributed by atoms with Gasteiger partial charge in [0, 0.05) is 24.8 Å². The molecule has 8 nitrogen and oxygen atoms in total. The van der Waals surface area contributed by atoms with E-state index in [0.29, 0.717) is 30.4 Å². The van der Waals surface area contributed by atoms with E-state index in [1.165, 1.54) is 28.6 Å². The first kappa shape index (κ1) is 24.8. The molecule has 0 radical (unpaired) electrons. The van der Waals surface area contributed by atoms with E-state index in [4.69, 9.17) is 11.6 Å². The zero-order valence-corrected chi connectivity index (χ0v) is 20.3. The summed E-state index contributed by atoms with van der Waals surface area (Å²) >= 11 is 7.30. The van der Waals surface area contributed by atoms with Gasteiger partial charge in [0.2, 0.25) is 15.9 Å². The highest BCUT2D eigenvalue weighted by Crippen LogP contribution is 2.28. The van der Waals surface area contributed by atoms with E-state index < -0.39 is 10.0 Å². The monoisotopic (exact) mass is 498 g/mol. The maximum atomic E-state index is 13.0. The van der Waals surface area contributed by atoms with Gasteiger partial charge in [-0.2, -0.15) is 4.31 Å². The van der Waals surface area contributed by atoms with Crippen molar-refractivity contribution in [3.05, 3.63) is 45.3 Å². The quantitative estimate of drug-likeness (QED) is 0.424. The van der Waals surface area contributed by atoms with Crippen molar-refractivity contribution in [1.29, 1.82) is 0 Å². The Kier molecular flexibility index (Phi) is 8.75. The van der Waals surface area contributed by atoms with Crippen LogP contribution in [0.3, 0.4) is 0 Å². The first-order valence-electron chi connectivity index (χ1n) is 10.6. The van der Waals surface area contributed by atoms with Gasteiger partial charge in [-0.15, -0.1) is 0 Å². The normalized spacial score (nSPS) is 15.3. The van der Waals surface area contributed by atoms with E-state index >= 15 is 0 Å². The molecule has 0 spiro atoms. The smallest absolute Gasteiger partial charge is 0.251 e. The number of thioether (sulfide) groups is 1. The Labute approximate surface area is 197 Å². The topological polar surface area (TPSA) is 112 Å². The standard InChI is InChI=1S/C21H27ClN4O4S2/c1-2-7-15-12-19(27)25-21(23-15)31-14-20(28)24-18-13-16(8-9-17(18)22)32(29,30)26-10-5-3-4-6-11-26/h8-9,12-13H,2-7,10-11,14H2,1H3,(H,24,28)(H,23,25,27). The summed E-state index contributed by atoms with van der Waals surface area (Å²) in [5, 5.41) is 3.27. The third kappa shape index (κ3) is 6.57. The van der Waals surface area contributed by atoms with E-state index in [9.17, 15) is 18.0 Å². The molecule has 0 atom stereocenters. The lowest BCUT2D eigenvalue weighted by molar-refractivity contribution is -0.113. The van der Waals surface area contributed by atoms with Crippen molar-refractivity contribution >= 4 is 45.0 Å². The van der Waals surface area contributed by atoms with Gasteiger partial charge >= 0.3 is 0 Å². The lowest BCUT2D eigenvalue weighted by Crippen LogP contribution is -2.32. The minimum atomic E-state index is -3.66. The Balaban J connectivity index is 1.69. The number of hydrogen-bond donors (Lipinski definition) is 2. The second-order valence-electron chi connectivity index (χ2n) is 7.59. The number of aromatic amines is 1. The van der Waals surface area contributed by atoms with Crippen LogP contribution in [0.15, 0.2) is 39.1 Å². The molecule has 2 heterocycles. The minimum absolute atomic E-state index is 0.0159. The van der Waals surface area contributed by atoms with Crippen molar-refractivity contribution in [2.24, 2.45) is 0 Å². The molecule has 2 N–H and O–H groups in total. The molecule has 1 aromatic heterocycles. The molecule has 1 aliphatic rings. The lowest BCUT2D eigenvalue weighted by atomic mass is 10.2. The number of nitrogens with zero attached hydrogens (tertiary/aromatic N) is 2.